The van der Waals surface area contributed by atoms with E-state index in [2.05, 4.69) is 23.1 Å². The third-order valence-corrected chi connectivity index (χ3v) is 7.91. The molecule has 0 spiro atoms. The predicted molar refractivity (Wildman–Crippen MR) is 140 cm³/mol. The lowest BCUT2D eigenvalue weighted by atomic mass is 9.85. The first-order valence-electron chi connectivity index (χ1n) is 12.6. The molecule has 0 amide bonds. The minimum Gasteiger partial charge on any atom is -0.497 e. The first-order chi connectivity index (χ1) is 18.0. The van der Waals surface area contributed by atoms with Gasteiger partial charge in [-0.05, 0) is 84.0 Å². The van der Waals surface area contributed by atoms with Gasteiger partial charge in [0.05, 0.1) is 19.7 Å². The zero-order chi connectivity index (χ0) is 25.7. The number of hydrogen-bond acceptors (Lipinski definition) is 5. The van der Waals surface area contributed by atoms with Crippen LogP contribution in [0.5, 0.6) is 17.2 Å². The van der Waals surface area contributed by atoms with Crippen LogP contribution in [0.15, 0.2) is 48.5 Å². The summed E-state index contributed by atoms with van der Waals surface area (Å²) in [4.78, 5) is 2.49. The fourth-order valence-electron chi connectivity index (χ4n) is 5.89. The zero-order valence-corrected chi connectivity index (χ0v) is 21.4. The van der Waals surface area contributed by atoms with Gasteiger partial charge in [-0.25, -0.2) is 4.39 Å². The first-order valence-corrected chi connectivity index (χ1v) is 12.6. The molecule has 0 fully saturated rings. The second-order valence-electron chi connectivity index (χ2n) is 9.89. The fraction of sp³-hybridized carbons (Fsp3) is 0.333. The second kappa shape index (κ2) is 9.39. The summed E-state index contributed by atoms with van der Waals surface area (Å²) in [5.74, 6) is 1.94. The van der Waals surface area contributed by atoms with Gasteiger partial charge in [-0.1, -0.05) is 12.1 Å². The largest absolute Gasteiger partial charge is 0.497 e. The van der Waals surface area contributed by atoms with Crippen molar-refractivity contribution in [3.05, 3.63) is 87.9 Å². The van der Waals surface area contributed by atoms with Crippen molar-refractivity contribution in [1.29, 1.82) is 0 Å². The molecular weight excluding hydrogens is 471 g/mol. The highest BCUT2D eigenvalue weighted by Gasteiger charge is 2.36. The molecule has 1 aromatic heterocycles. The number of methoxy groups -OCH3 is 2. The van der Waals surface area contributed by atoms with E-state index in [0.29, 0.717) is 17.1 Å². The van der Waals surface area contributed by atoms with E-state index in [9.17, 15) is 9.50 Å². The van der Waals surface area contributed by atoms with Crippen LogP contribution in [0.4, 0.5) is 4.39 Å². The summed E-state index contributed by atoms with van der Waals surface area (Å²) in [6.07, 6.45) is 1.73. The standard InChI is InChI=1S/C30H31FN2O4/c1-18-4-5-19(10-25(18)31)16-37-30-11-20-8-9-32-15-28-24(13-27(32)22(20)14-29(30)36-3)23-12-21(35-2)6-7-26(23)33(28)17-34/h4-7,10-12,14,27,34H,8-9,13,15-17H2,1-3H3. The summed E-state index contributed by atoms with van der Waals surface area (Å²) in [5.41, 5.74) is 7.36. The van der Waals surface area contributed by atoms with Crippen LogP contribution in [-0.2, 0) is 32.7 Å². The van der Waals surface area contributed by atoms with Gasteiger partial charge in [-0.3, -0.25) is 4.90 Å². The number of nitrogens with zero attached hydrogens (tertiary/aromatic N) is 2. The molecule has 3 heterocycles. The number of aliphatic hydroxyl groups is 1. The lowest BCUT2D eigenvalue weighted by molar-refractivity contribution is 0.145. The molecule has 7 heteroatoms. The van der Waals surface area contributed by atoms with Crippen molar-refractivity contribution in [2.45, 2.75) is 45.7 Å². The Morgan fingerprint density at radius 3 is 2.65 bits per heavy atom. The molecule has 6 rings (SSSR count). The van der Waals surface area contributed by atoms with Gasteiger partial charge in [-0.2, -0.15) is 0 Å². The van der Waals surface area contributed by atoms with Crippen LogP contribution in [0.25, 0.3) is 10.9 Å². The Labute approximate surface area is 215 Å². The number of aryl methyl sites for hydroxylation is 1. The predicted octanol–water partition coefficient (Wildman–Crippen LogP) is 5.29. The molecule has 0 saturated carbocycles. The van der Waals surface area contributed by atoms with Crippen molar-refractivity contribution in [1.82, 2.24) is 9.47 Å². The number of aromatic nitrogens is 1. The Balaban J connectivity index is 1.34. The Morgan fingerprint density at radius 2 is 1.89 bits per heavy atom. The number of fused-ring (bicyclic) bond motifs is 6. The lowest BCUT2D eigenvalue weighted by Gasteiger charge is -2.41. The van der Waals surface area contributed by atoms with Crippen LogP contribution >= 0.6 is 0 Å². The highest BCUT2D eigenvalue weighted by atomic mass is 19.1. The zero-order valence-electron chi connectivity index (χ0n) is 21.4. The molecule has 37 heavy (non-hydrogen) atoms. The molecule has 3 aromatic carbocycles. The third kappa shape index (κ3) is 4.03. The second-order valence-corrected chi connectivity index (χ2v) is 9.89. The molecule has 2 aliphatic rings. The molecule has 192 valence electrons. The number of aliphatic hydroxyl groups excluding tert-OH is 1. The van der Waals surface area contributed by atoms with E-state index in [4.69, 9.17) is 14.2 Å². The molecule has 0 aliphatic carbocycles. The molecule has 1 unspecified atom stereocenters. The Hall–Kier alpha value is -3.55. The van der Waals surface area contributed by atoms with E-state index in [1.165, 1.54) is 28.5 Å². The average Bonchev–Trinajstić information content (AvgIpc) is 3.23. The number of hydrogen-bond donors (Lipinski definition) is 1. The van der Waals surface area contributed by atoms with Gasteiger partial charge in [0.15, 0.2) is 11.5 Å². The Bertz CT molecular complexity index is 1500. The van der Waals surface area contributed by atoms with E-state index < -0.39 is 0 Å². The average molecular weight is 503 g/mol. The van der Waals surface area contributed by atoms with Crippen molar-refractivity contribution in [3.8, 4) is 17.2 Å². The maximum Gasteiger partial charge on any atom is 0.161 e. The summed E-state index contributed by atoms with van der Waals surface area (Å²) in [6.45, 7) is 3.67. The van der Waals surface area contributed by atoms with E-state index in [1.807, 2.05) is 22.8 Å². The van der Waals surface area contributed by atoms with Gasteiger partial charge in [-0.15, -0.1) is 0 Å². The van der Waals surface area contributed by atoms with E-state index in [-0.39, 0.29) is 25.2 Å². The summed E-state index contributed by atoms with van der Waals surface area (Å²) < 4.78 is 33.4. The van der Waals surface area contributed by atoms with Crippen LogP contribution in [0.2, 0.25) is 0 Å². The molecular formula is C30H31FN2O4. The number of benzene rings is 3. The van der Waals surface area contributed by atoms with Gasteiger partial charge in [0.25, 0.3) is 0 Å². The summed E-state index contributed by atoms with van der Waals surface area (Å²) in [5, 5.41) is 11.3. The fourth-order valence-corrected chi connectivity index (χ4v) is 5.89. The van der Waals surface area contributed by atoms with Gasteiger partial charge in [0.2, 0.25) is 0 Å². The van der Waals surface area contributed by atoms with Crippen LogP contribution in [0.1, 0.15) is 39.6 Å². The highest BCUT2D eigenvalue weighted by molar-refractivity contribution is 5.87. The number of rotatable bonds is 6. The molecule has 4 aromatic rings. The Morgan fingerprint density at radius 1 is 1.03 bits per heavy atom. The maximum absolute atomic E-state index is 14.0. The minimum absolute atomic E-state index is 0.0489. The topological polar surface area (TPSA) is 56.1 Å². The van der Waals surface area contributed by atoms with Crippen molar-refractivity contribution in [3.63, 3.8) is 0 Å². The molecule has 0 bridgehead atoms. The monoisotopic (exact) mass is 502 g/mol. The maximum atomic E-state index is 14.0. The quantitative estimate of drug-likeness (QED) is 0.388. The smallest absolute Gasteiger partial charge is 0.161 e. The third-order valence-electron chi connectivity index (χ3n) is 7.91. The lowest BCUT2D eigenvalue weighted by Crippen LogP contribution is -2.39. The molecule has 6 nitrogen and oxygen atoms in total. The normalized spacial score (nSPS) is 16.7. The van der Waals surface area contributed by atoms with Gasteiger partial charge in [0, 0.05) is 30.2 Å². The van der Waals surface area contributed by atoms with E-state index in [1.54, 1.807) is 27.2 Å². The molecule has 0 radical (unpaired) electrons. The van der Waals surface area contributed by atoms with Crippen LogP contribution in [-0.4, -0.2) is 35.3 Å². The van der Waals surface area contributed by atoms with E-state index >= 15 is 0 Å². The SMILES string of the molecule is COc1ccc2c(c1)c1c(n2CO)CN2CCc3cc(OCc4ccc(C)c(F)c4)c(OC)cc3C2C1. The van der Waals surface area contributed by atoms with Crippen LogP contribution in [0, 0.1) is 12.7 Å². The van der Waals surface area contributed by atoms with Crippen molar-refractivity contribution >= 4 is 10.9 Å². The van der Waals surface area contributed by atoms with Crippen LogP contribution < -0.4 is 14.2 Å². The summed E-state index contributed by atoms with van der Waals surface area (Å²) >= 11 is 0. The van der Waals surface area contributed by atoms with Crippen molar-refractivity contribution < 1.29 is 23.7 Å². The number of halogens is 1. The van der Waals surface area contributed by atoms with Gasteiger partial charge < -0.3 is 23.9 Å². The first kappa shape index (κ1) is 23.8. The van der Waals surface area contributed by atoms with Gasteiger partial charge in [0.1, 0.15) is 24.9 Å². The molecule has 0 saturated heterocycles. The summed E-state index contributed by atoms with van der Waals surface area (Å²) in [6, 6.07) is 15.6. The Kier molecular flexibility index (Phi) is 6.05. The highest BCUT2D eigenvalue weighted by Crippen LogP contribution is 2.45. The molecule has 2 aliphatic heterocycles. The van der Waals surface area contributed by atoms with Gasteiger partial charge >= 0.3 is 0 Å². The van der Waals surface area contributed by atoms with Crippen LogP contribution in [0.3, 0.4) is 0 Å². The number of ether oxygens (including phenoxy) is 3. The van der Waals surface area contributed by atoms with Crippen molar-refractivity contribution in [2.75, 3.05) is 20.8 Å². The molecule has 1 atom stereocenters. The summed E-state index contributed by atoms with van der Waals surface area (Å²) in [7, 11) is 3.33. The molecule has 1 N–H and O–H groups in total. The van der Waals surface area contributed by atoms with E-state index in [0.717, 1.165) is 48.1 Å². The van der Waals surface area contributed by atoms with Crippen molar-refractivity contribution in [2.24, 2.45) is 0 Å². The minimum atomic E-state index is -0.226.